The molecule has 0 heterocycles. The number of carbonyl (C=O) groups excluding carboxylic acids is 2. The lowest BCUT2D eigenvalue weighted by Crippen LogP contribution is -2.28. The summed E-state index contributed by atoms with van der Waals surface area (Å²) in [7, 11) is -4.01. The molecule has 16 heavy (non-hydrogen) atoms. The summed E-state index contributed by atoms with van der Waals surface area (Å²) in [6.45, 7) is 1.06. The monoisotopic (exact) mass is 261 g/mol. The molecule has 0 aliphatic rings. The van der Waals surface area contributed by atoms with Crippen LogP contribution in [0.4, 0.5) is 0 Å². The predicted molar refractivity (Wildman–Crippen MR) is 57.8 cm³/mol. The van der Waals surface area contributed by atoms with Gasteiger partial charge in [-0.25, -0.2) is 13.1 Å². The molecule has 1 aromatic carbocycles. The molecule has 86 valence electrons. The van der Waals surface area contributed by atoms with Crippen molar-refractivity contribution in [2.75, 3.05) is 0 Å². The average molecular weight is 262 g/mol. The molecule has 0 saturated heterocycles. The fourth-order valence-electron chi connectivity index (χ4n) is 1.04. The van der Waals surface area contributed by atoms with Gasteiger partial charge in [-0.2, -0.15) is 0 Å². The Kier molecular flexibility index (Phi) is 3.66. The van der Waals surface area contributed by atoms with Crippen molar-refractivity contribution in [2.45, 2.75) is 11.8 Å². The number of nitrogens with one attached hydrogen (secondary N) is 1. The average Bonchev–Trinajstić information content (AvgIpc) is 2.16. The number of hydrogen-bond donors (Lipinski definition) is 1. The van der Waals surface area contributed by atoms with E-state index in [2.05, 4.69) is 0 Å². The summed E-state index contributed by atoms with van der Waals surface area (Å²) in [5.74, 6) is -0.729. The van der Waals surface area contributed by atoms with Crippen LogP contribution in [-0.2, 0) is 14.8 Å². The number of hydrogen-bond acceptors (Lipinski definition) is 4. The molecule has 1 amide bonds. The van der Waals surface area contributed by atoms with Gasteiger partial charge in [-0.3, -0.25) is 9.59 Å². The van der Waals surface area contributed by atoms with Crippen LogP contribution < -0.4 is 4.72 Å². The van der Waals surface area contributed by atoms with Crippen LogP contribution in [-0.4, -0.2) is 20.6 Å². The number of halogens is 1. The minimum absolute atomic E-state index is 0.0562. The maximum Gasteiger partial charge on any atom is 0.265 e. The maximum absolute atomic E-state index is 11.6. The fourth-order valence-corrected chi connectivity index (χ4v) is 2.57. The molecule has 0 aromatic heterocycles. The molecule has 7 heteroatoms. The van der Waals surface area contributed by atoms with Crippen molar-refractivity contribution in [3.63, 3.8) is 0 Å². The van der Waals surface area contributed by atoms with Crippen molar-refractivity contribution >= 4 is 33.8 Å². The Morgan fingerprint density at radius 3 is 2.56 bits per heavy atom. The third kappa shape index (κ3) is 2.80. The SMILES string of the molecule is CC(=O)NS(=O)(=O)c1cc(C=O)ccc1Cl. The van der Waals surface area contributed by atoms with Crippen LogP contribution in [0.3, 0.4) is 0 Å². The summed E-state index contributed by atoms with van der Waals surface area (Å²) >= 11 is 5.67. The molecule has 0 spiro atoms. The van der Waals surface area contributed by atoms with E-state index in [1.165, 1.54) is 12.1 Å². The van der Waals surface area contributed by atoms with Gasteiger partial charge in [0.2, 0.25) is 5.91 Å². The molecule has 0 unspecified atom stereocenters. The van der Waals surface area contributed by atoms with Gasteiger partial charge in [0, 0.05) is 12.5 Å². The Morgan fingerprint density at radius 1 is 1.44 bits per heavy atom. The molecule has 1 rings (SSSR count). The molecule has 0 radical (unpaired) electrons. The quantitative estimate of drug-likeness (QED) is 0.823. The van der Waals surface area contributed by atoms with Crippen LogP contribution >= 0.6 is 11.6 Å². The van der Waals surface area contributed by atoms with Gasteiger partial charge in [0.05, 0.1) is 5.02 Å². The highest BCUT2D eigenvalue weighted by atomic mass is 35.5. The maximum atomic E-state index is 11.6. The molecule has 0 fully saturated rings. The molecule has 0 bridgehead atoms. The Balaban J connectivity index is 3.31. The van der Waals surface area contributed by atoms with E-state index in [1.54, 1.807) is 4.72 Å². The number of rotatable bonds is 3. The van der Waals surface area contributed by atoms with Gasteiger partial charge < -0.3 is 0 Å². The van der Waals surface area contributed by atoms with E-state index < -0.39 is 15.9 Å². The highest BCUT2D eigenvalue weighted by Crippen LogP contribution is 2.21. The minimum Gasteiger partial charge on any atom is -0.298 e. The van der Waals surface area contributed by atoms with Crippen LogP contribution in [0.2, 0.25) is 5.02 Å². The summed E-state index contributed by atoms with van der Waals surface area (Å²) in [6.07, 6.45) is 0.489. The standard InChI is InChI=1S/C9H8ClNO4S/c1-6(13)11-16(14,15)9-4-7(5-12)2-3-8(9)10/h2-5H,1H3,(H,11,13). The summed E-state index contributed by atoms with van der Waals surface area (Å²) in [5.41, 5.74) is 0.160. The summed E-state index contributed by atoms with van der Waals surface area (Å²) in [5, 5.41) is -0.0562. The first-order valence-corrected chi connectivity index (χ1v) is 6.01. The number of carbonyl (C=O) groups is 2. The topological polar surface area (TPSA) is 80.3 Å². The second-order valence-corrected chi connectivity index (χ2v) is 5.03. The lowest BCUT2D eigenvalue weighted by molar-refractivity contribution is -0.117. The second kappa shape index (κ2) is 4.63. The molecule has 5 nitrogen and oxygen atoms in total. The lowest BCUT2D eigenvalue weighted by atomic mass is 10.2. The first-order valence-electron chi connectivity index (χ1n) is 4.15. The first-order chi connectivity index (χ1) is 7.36. The zero-order valence-corrected chi connectivity index (χ0v) is 9.80. The van der Waals surface area contributed by atoms with E-state index in [4.69, 9.17) is 11.6 Å². The Hall–Kier alpha value is -1.40. The smallest absolute Gasteiger partial charge is 0.265 e. The molecule has 0 saturated carbocycles. The van der Waals surface area contributed by atoms with E-state index >= 15 is 0 Å². The second-order valence-electron chi connectivity index (χ2n) is 2.97. The van der Waals surface area contributed by atoms with Gasteiger partial charge >= 0.3 is 0 Å². The normalized spacial score (nSPS) is 10.9. The third-order valence-electron chi connectivity index (χ3n) is 1.66. The van der Waals surface area contributed by atoms with Crippen LogP contribution in [0.25, 0.3) is 0 Å². The third-order valence-corrected chi connectivity index (χ3v) is 3.57. The van der Waals surface area contributed by atoms with Gasteiger partial charge in [-0.15, -0.1) is 0 Å². The van der Waals surface area contributed by atoms with Crippen molar-refractivity contribution < 1.29 is 18.0 Å². The minimum atomic E-state index is -4.01. The van der Waals surface area contributed by atoms with Crippen LogP contribution in [0, 0.1) is 0 Å². The van der Waals surface area contributed by atoms with Crippen molar-refractivity contribution in [1.29, 1.82) is 0 Å². The number of amides is 1. The van der Waals surface area contributed by atoms with Crippen molar-refractivity contribution in [3.8, 4) is 0 Å². The Labute approximate surface area is 97.5 Å². The highest BCUT2D eigenvalue weighted by Gasteiger charge is 2.19. The van der Waals surface area contributed by atoms with E-state index in [9.17, 15) is 18.0 Å². The zero-order valence-electron chi connectivity index (χ0n) is 8.23. The molecular formula is C9H8ClNO4S. The molecule has 0 atom stereocenters. The molecule has 0 aliphatic heterocycles. The molecular weight excluding hydrogens is 254 g/mol. The predicted octanol–water partition coefficient (Wildman–Crippen LogP) is 0.977. The van der Waals surface area contributed by atoms with E-state index in [-0.39, 0.29) is 15.5 Å². The van der Waals surface area contributed by atoms with Crippen molar-refractivity contribution in [3.05, 3.63) is 28.8 Å². The van der Waals surface area contributed by atoms with Gasteiger partial charge in [0.25, 0.3) is 10.0 Å². The van der Waals surface area contributed by atoms with E-state index in [0.29, 0.717) is 6.29 Å². The van der Waals surface area contributed by atoms with Crippen LogP contribution in [0.1, 0.15) is 17.3 Å². The van der Waals surface area contributed by atoms with Gasteiger partial charge in [0.1, 0.15) is 11.2 Å². The van der Waals surface area contributed by atoms with Gasteiger partial charge in [-0.1, -0.05) is 17.7 Å². The Bertz CT molecular complexity index is 538. The molecule has 0 aliphatic carbocycles. The van der Waals surface area contributed by atoms with Crippen molar-refractivity contribution in [2.24, 2.45) is 0 Å². The molecule has 1 aromatic rings. The van der Waals surface area contributed by atoms with E-state index in [1.807, 2.05) is 0 Å². The van der Waals surface area contributed by atoms with Gasteiger partial charge in [0.15, 0.2) is 0 Å². The number of aldehydes is 1. The van der Waals surface area contributed by atoms with Gasteiger partial charge in [-0.05, 0) is 12.1 Å². The van der Waals surface area contributed by atoms with Crippen LogP contribution in [0.5, 0.6) is 0 Å². The molecule has 1 N–H and O–H groups in total. The largest absolute Gasteiger partial charge is 0.298 e. The number of sulfonamides is 1. The first kappa shape index (κ1) is 12.7. The summed E-state index contributed by atoms with van der Waals surface area (Å²) in [4.78, 5) is 20.9. The zero-order chi connectivity index (χ0) is 12.3. The van der Waals surface area contributed by atoms with Crippen LogP contribution in [0.15, 0.2) is 23.1 Å². The van der Waals surface area contributed by atoms with Crippen molar-refractivity contribution in [1.82, 2.24) is 4.72 Å². The summed E-state index contributed by atoms with van der Waals surface area (Å²) < 4.78 is 25.0. The fraction of sp³-hybridized carbons (Fsp3) is 0.111. The Morgan fingerprint density at radius 2 is 2.06 bits per heavy atom. The highest BCUT2D eigenvalue weighted by molar-refractivity contribution is 7.90. The summed E-state index contributed by atoms with van der Waals surface area (Å²) in [6, 6.07) is 3.75. The van der Waals surface area contributed by atoms with E-state index in [0.717, 1.165) is 13.0 Å². The lowest BCUT2D eigenvalue weighted by Gasteiger charge is -2.06. The number of benzene rings is 1.